The molecule has 2 amide bonds. The first-order valence-electron chi connectivity index (χ1n) is 9.78. The van der Waals surface area contributed by atoms with Crippen molar-refractivity contribution in [3.63, 3.8) is 0 Å². The second kappa shape index (κ2) is 7.47. The summed E-state index contributed by atoms with van der Waals surface area (Å²) in [5, 5.41) is 10.8. The van der Waals surface area contributed by atoms with Crippen LogP contribution in [0.2, 0.25) is 0 Å². The molecule has 1 aliphatic rings. The molecule has 0 radical (unpaired) electrons. The Balaban J connectivity index is 1.88. The molecule has 0 unspecified atom stereocenters. The summed E-state index contributed by atoms with van der Waals surface area (Å²) in [4.78, 5) is 23.7. The minimum absolute atomic E-state index is 0.108. The molecule has 7 heteroatoms. The van der Waals surface area contributed by atoms with E-state index in [0.717, 1.165) is 24.0 Å². The molecule has 0 heterocycles. The number of rotatable bonds is 4. The van der Waals surface area contributed by atoms with Gasteiger partial charge in [0.05, 0.1) is 0 Å². The number of hydroxylamine groups is 1. The third-order valence-electron chi connectivity index (χ3n) is 6.01. The number of benzene rings is 2. The van der Waals surface area contributed by atoms with E-state index in [1.165, 1.54) is 41.9 Å². The van der Waals surface area contributed by atoms with Crippen LogP contribution >= 0.6 is 0 Å². The van der Waals surface area contributed by atoms with Crippen molar-refractivity contribution < 1.29 is 23.6 Å². The van der Waals surface area contributed by atoms with E-state index >= 15 is 8.78 Å². The molecule has 0 spiro atoms. The number of alkyl halides is 2. The fourth-order valence-electron chi connectivity index (χ4n) is 3.89. The summed E-state index contributed by atoms with van der Waals surface area (Å²) in [7, 11) is 0. The maximum absolute atomic E-state index is 15.0. The number of fused-ring (bicyclic) bond motifs is 1. The molecule has 0 aliphatic heterocycles. The smallest absolute Gasteiger partial charge is 0.321 e. The summed E-state index contributed by atoms with van der Waals surface area (Å²) in [6.45, 7) is 8.28. The molecule has 5 nitrogen and oxygen atoms in total. The van der Waals surface area contributed by atoms with Gasteiger partial charge in [-0.2, -0.15) is 8.78 Å². The van der Waals surface area contributed by atoms with Crippen LogP contribution in [0, 0.1) is 0 Å². The lowest BCUT2D eigenvalue weighted by atomic mass is 9.63. The van der Waals surface area contributed by atoms with Crippen LogP contribution in [-0.2, 0) is 21.5 Å². The average Bonchev–Trinajstić information content (AvgIpc) is 2.71. The quantitative estimate of drug-likeness (QED) is 0.491. The van der Waals surface area contributed by atoms with Crippen molar-refractivity contribution >= 4 is 17.5 Å². The van der Waals surface area contributed by atoms with Crippen LogP contribution in [-0.4, -0.2) is 17.0 Å². The monoisotopic (exact) mass is 416 g/mol. The van der Waals surface area contributed by atoms with Gasteiger partial charge in [-0.25, -0.2) is 5.48 Å². The third kappa shape index (κ3) is 3.94. The first-order valence-corrected chi connectivity index (χ1v) is 9.78. The molecule has 0 atom stereocenters. The fourth-order valence-corrected chi connectivity index (χ4v) is 3.89. The molecule has 3 N–H and O–H groups in total. The summed E-state index contributed by atoms with van der Waals surface area (Å²) in [6, 6.07) is 9.76. The van der Waals surface area contributed by atoms with E-state index in [-0.39, 0.29) is 27.6 Å². The van der Waals surface area contributed by atoms with E-state index in [4.69, 9.17) is 5.21 Å². The maximum Gasteiger partial charge on any atom is 0.350 e. The van der Waals surface area contributed by atoms with Gasteiger partial charge < -0.3 is 5.32 Å². The van der Waals surface area contributed by atoms with E-state index in [1.54, 1.807) is 6.07 Å². The van der Waals surface area contributed by atoms with Crippen LogP contribution in [0.15, 0.2) is 42.5 Å². The number of hydrogen-bond acceptors (Lipinski definition) is 3. The van der Waals surface area contributed by atoms with Crippen LogP contribution in [0.3, 0.4) is 0 Å². The second-order valence-electron chi connectivity index (χ2n) is 9.07. The van der Waals surface area contributed by atoms with E-state index < -0.39 is 17.7 Å². The molecule has 0 fully saturated rings. The largest absolute Gasteiger partial charge is 0.350 e. The molecule has 160 valence electrons. The van der Waals surface area contributed by atoms with Gasteiger partial charge in [0, 0.05) is 16.8 Å². The highest BCUT2D eigenvalue weighted by atomic mass is 19.3. The molecule has 0 saturated carbocycles. The van der Waals surface area contributed by atoms with Crippen molar-refractivity contribution in [1.82, 2.24) is 5.48 Å². The molecule has 2 aromatic rings. The van der Waals surface area contributed by atoms with Crippen molar-refractivity contribution in [3.05, 3.63) is 64.7 Å². The molecular weight excluding hydrogens is 390 g/mol. The SMILES string of the molecule is CC1(C)CCC(C)(C)c2cc(C(F)(F)C(=O)Nc3ccc(C(=O)NO)cc3)ccc21. The number of nitrogens with one attached hydrogen (secondary N) is 2. The van der Waals surface area contributed by atoms with Gasteiger partial charge in [-0.3, -0.25) is 14.8 Å². The topological polar surface area (TPSA) is 78.4 Å². The van der Waals surface area contributed by atoms with Gasteiger partial charge in [0.2, 0.25) is 0 Å². The van der Waals surface area contributed by atoms with E-state index in [1.807, 2.05) is 13.8 Å². The van der Waals surface area contributed by atoms with E-state index in [9.17, 15) is 9.59 Å². The molecule has 1 aliphatic carbocycles. The number of hydrogen-bond donors (Lipinski definition) is 3. The first kappa shape index (κ1) is 21.9. The van der Waals surface area contributed by atoms with Gasteiger partial charge in [-0.15, -0.1) is 0 Å². The number of amides is 2. The lowest BCUT2D eigenvalue weighted by Gasteiger charge is -2.42. The Morgan fingerprint density at radius 1 is 0.933 bits per heavy atom. The lowest BCUT2D eigenvalue weighted by molar-refractivity contribution is -0.140. The normalized spacial score (nSPS) is 17.0. The number of carbonyl (C=O) groups is 2. The summed E-state index contributed by atoms with van der Waals surface area (Å²) < 4.78 is 30.0. The molecule has 30 heavy (non-hydrogen) atoms. The van der Waals surface area contributed by atoms with Crippen LogP contribution in [0.1, 0.15) is 67.6 Å². The van der Waals surface area contributed by atoms with Crippen molar-refractivity contribution in [2.24, 2.45) is 0 Å². The van der Waals surface area contributed by atoms with Gasteiger partial charge in [0.1, 0.15) is 0 Å². The highest BCUT2D eigenvalue weighted by molar-refractivity contribution is 5.98. The van der Waals surface area contributed by atoms with Gasteiger partial charge in [-0.05, 0) is 65.1 Å². The number of halogens is 2. The minimum Gasteiger partial charge on any atom is -0.321 e. The second-order valence-corrected chi connectivity index (χ2v) is 9.07. The van der Waals surface area contributed by atoms with E-state index in [0.29, 0.717) is 0 Å². The van der Waals surface area contributed by atoms with Crippen molar-refractivity contribution in [2.45, 2.75) is 57.3 Å². The summed E-state index contributed by atoms with van der Waals surface area (Å²) >= 11 is 0. The number of anilines is 1. The van der Waals surface area contributed by atoms with Crippen molar-refractivity contribution in [1.29, 1.82) is 0 Å². The van der Waals surface area contributed by atoms with Crippen LogP contribution in [0.5, 0.6) is 0 Å². The van der Waals surface area contributed by atoms with Crippen LogP contribution in [0.25, 0.3) is 0 Å². The molecule has 0 bridgehead atoms. The molecular formula is C23H26F2N2O3. The highest BCUT2D eigenvalue weighted by Crippen LogP contribution is 2.47. The zero-order valence-electron chi connectivity index (χ0n) is 17.5. The Bertz CT molecular complexity index is 982. The third-order valence-corrected chi connectivity index (χ3v) is 6.01. The highest BCUT2D eigenvalue weighted by Gasteiger charge is 2.44. The zero-order chi connectivity index (χ0) is 22.3. The van der Waals surface area contributed by atoms with Crippen LogP contribution < -0.4 is 10.8 Å². The molecule has 3 rings (SSSR count). The summed E-state index contributed by atoms with van der Waals surface area (Å²) in [5.74, 6) is -5.92. The fraction of sp³-hybridized carbons (Fsp3) is 0.391. The van der Waals surface area contributed by atoms with Crippen molar-refractivity contribution in [3.8, 4) is 0 Å². The Kier molecular flexibility index (Phi) is 5.45. The van der Waals surface area contributed by atoms with Gasteiger partial charge in [0.25, 0.3) is 11.8 Å². The summed E-state index contributed by atoms with van der Waals surface area (Å²) in [6.07, 6.45) is 1.84. The average molecular weight is 416 g/mol. The minimum atomic E-state index is -3.73. The van der Waals surface area contributed by atoms with Gasteiger partial charge in [-0.1, -0.05) is 39.8 Å². The lowest BCUT2D eigenvalue weighted by Crippen LogP contribution is -2.36. The predicted octanol–water partition coefficient (Wildman–Crippen LogP) is 4.89. The van der Waals surface area contributed by atoms with Gasteiger partial charge in [0.15, 0.2) is 0 Å². The summed E-state index contributed by atoms with van der Waals surface area (Å²) in [5.41, 5.74) is 2.90. The predicted molar refractivity (Wildman–Crippen MR) is 110 cm³/mol. The molecule has 2 aromatic carbocycles. The maximum atomic E-state index is 15.0. The van der Waals surface area contributed by atoms with Gasteiger partial charge >= 0.3 is 5.92 Å². The Morgan fingerprint density at radius 2 is 1.50 bits per heavy atom. The van der Waals surface area contributed by atoms with Crippen LogP contribution in [0.4, 0.5) is 14.5 Å². The first-order chi connectivity index (χ1) is 13.9. The molecule has 0 aromatic heterocycles. The number of carbonyl (C=O) groups excluding carboxylic acids is 2. The molecule has 0 saturated heterocycles. The Hall–Kier alpha value is -2.80. The standard InChI is InChI=1S/C23H26F2N2O3/c1-21(2)11-12-22(3,4)18-13-15(7-10-17(18)21)23(24,25)20(29)26-16-8-5-14(6-9-16)19(28)27-30/h5-10,13,30H,11-12H2,1-4H3,(H,26,29)(H,27,28). The van der Waals surface area contributed by atoms with Crippen molar-refractivity contribution in [2.75, 3.05) is 5.32 Å². The zero-order valence-corrected chi connectivity index (χ0v) is 17.5. The Morgan fingerprint density at radius 3 is 2.07 bits per heavy atom. The van der Waals surface area contributed by atoms with E-state index in [2.05, 4.69) is 19.2 Å². The Labute approximate surface area is 174 Å².